The number of nitrogens with one attached hydrogen (secondary N) is 1. The van der Waals surface area contributed by atoms with E-state index in [0.717, 1.165) is 0 Å². The van der Waals surface area contributed by atoms with E-state index in [4.69, 9.17) is 4.74 Å². The van der Waals surface area contributed by atoms with Gasteiger partial charge in [0, 0.05) is 12.5 Å². The average Bonchev–Trinajstić information content (AvgIpc) is 2.80. The van der Waals surface area contributed by atoms with Crippen molar-refractivity contribution in [1.82, 2.24) is 5.32 Å². The lowest BCUT2D eigenvalue weighted by molar-refractivity contribution is -0.144. The maximum atomic E-state index is 11.6. The number of rotatable bonds is 6. The van der Waals surface area contributed by atoms with E-state index in [2.05, 4.69) is 12.2 Å². The summed E-state index contributed by atoms with van der Waals surface area (Å²) in [6.45, 7) is 4.19. The molecule has 0 aromatic rings. The molecule has 0 radical (unpaired) electrons. The number of hydrogen-bond donors (Lipinski definition) is 1. The molecule has 0 saturated heterocycles. The quantitative estimate of drug-likeness (QED) is 0.724. The van der Waals surface area contributed by atoms with Crippen LogP contribution in [0.25, 0.3) is 0 Å². The highest BCUT2D eigenvalue weighted by Gasteiger charge is 2.22. The molecule has 1 atom stereocenters. The lowest BCUT2D eigenvalue weighted by Crippen LogP contribution is -2.37. The average molecular weight is 241 g/mol. The van der Waals surface area contributed by atoms with Gasteiger partial charge in [0.05, 0.1) is 13.0 Å². The normalized spacial score (nSPS) is 17.8. The van der Waals surface area contributed by atoms with E-state index >= 15 is 0 Å². The summed E-state index contributed by atoms with van der Waals surface area (Å²) in [5, 5.41) is 2.97. The van der Waals surface area contributed by atoms with Crippen LogP contribution >= 0.6 is 0 Å². The Morgan fingerprint density at radius 1 is 1.29 bits per heavy atom. The highest BCUT2D eigenvalue weighted by atomic mass is 16.5. The lowest BCUT2D eigenvalue weighted by atomic mass is 10.00. The van der Waals surface area contributed by atoms with Gasteiger partial charge in [-0.25, -0.2) is 0 Å². The summed E-state index contributed by atoms with van der Waals surface area (Å²) in [5.74, 6) is 0.273. The molecule has 1 amide bonds. The first kappa shape index (κ1) is 14.0. The van der Waals surface area contributed by atoms with Crippen molar-refractivity contribution >= 4 is 11.9 Å². The molecule has 0 spiro atoms. The van der Waals surface area contributed by atoms with Crippen LogP contribution in [0.4, 0.5) is 0 Å². The van der Waals surface area contributed by atoms with Crippen LogP contribution in [0.2, 0.25) is 0 Å². The largest absolute Gasteiger partial charge is 0.466 e. The van der Waals surface area contributed by atoms with Crippen molar-refractivity contribution in [2.75, 3.05) is 6.61 Å². The zero-order valence-corrected chi connectivity index (χ0v) is 10.8. The summed E-state index contributed by atoms with van der Waals surface area (Å²) in [5.41, 5.74) is 0. The maximum absolute atomic E-state index is 11.6. The predicted molar refractivity (Wildman–Crippen MR) is 65.4 cm³/mol. The number of carbonyl (C=O) groups is 2. The van der Waals surface area contributed by atoms with Gasteiger partial charge in [0.15, 0.2) is 0 Å². The van der Waals surface area contributed by atoms with E-state index in [0.29, 0.717) is 12.5 Å². The third-order valence-corrected chi connectivity index (χ3v) is 3.36. The van der Waals surface area contributed by atoms with E-state index in [1.807, 2.05) is 0 Å². The molecule has 1 saturated carbocycles. The van der Waals surface area contributed by atoms with Crippen molar-refractivity contribution in [3.05, 3.63) is 0 Å². The van der Waals surface area contributed by atoms with Gasteiger partial charge in [0.2, 0.25) is 5.91 Å². The monoisotopic (exact) mass is 241 g/mol. The molecule has 1 fully saturated rings. The molecular weight excluding hydrogens is 218 g/mol. The van der Waals surface area contributed by atoms with Crippen LogP contribution in [0.15, 0.2) is 0 Å². The van der Waals surface area contributed by atoms with Gasteiger partial charge in [-0.1, -0.05) is 12.8 Å². The predicted octanol–water partition coefficient (Wildman–Crippen LogP) is 2.02. The van der Waals surface area contributed by atoms with Gasteiger partial charge < -0.3 is 10.1 Å². The molecule has 0 aromatic heterocycles. The highest BCUT2D eigenvalue weighted by Crippen LogP contribution is 2.27. The first-order valence-electron chi connectivity index (χ1n) is 6.58. The van der Waals surface area contributed by atoms with Crippen LogP contribution in [0, 0.1) is 5.92 Å². The van der Waals surface area contributed by atoms with Crippen LogP contribution in [-0.2, 0) is 14.3 Å². The van der Waals surface area contributed by atoms with Gasteiger partial charge in [0.25, 0.3) is 0 Å². The molecule has 1 rings (SSSR count). The molecule has 4 heteroatoms. The number of ether oxygens (including phenoxy) is 1. The van der Waals surface area contributed by atoms with Gasteiger partial charge in [-0.05, 0) is 32.6 Å². The lowest BCUT2D eigenvalue weighted by Gasteiger charge is -2.20. The molecule has 0 unspecified atom stereocenters. The number of esters is 1. The molecule has 1 N–H and O–H groups in total. The summed E-state index contributed by atoms with van der Waals surface area (Å²) >= 11 is 0. The zero-order chi connectivity index (χ0) is 12.7. The standard InChI is InChI=1S/C13H23NO3/c1-3-17-13(16)9-8-12(15)14-10(2)11-6-4-5-7-11/h10-11H,3-9H2,1-2H3,(H,14,15)/t10-/m0/s1. The van der Waals surface area contributed by atoms with Crippen LogP contribution in [0.1, 0.15) is 52.4 Å². The summed E-state index contributed by atoms with van der Waals surface area (Å²) in [6, 6.07) is 0.229. The van der Waals surface area contributed by atoms with Crippen molar-refractivity contribution < 1.29 is 14.3 Å². The van der Waals surface area contributed by atoms with E-state index < -0.39 is 0 Å². The van der Waals surface area contributed by atoms with Crippen LogP contribution < -0.4 is 5.32 Å². The van der Waals surface area contributed by atoms with Gasteiger partial charge >= 0.3 is 5.97 Å². The SMILES string of the molecule is CCOC(=O)CCC(=O)N[C@@H](C)C1CCCC1. The molecule has 0 heterocycles. The fourth-order valence-corrected chi connectivity index (χ4v) is 2.35. The van der Waals surface area contributed by atoms with Crippen LogP contribution in [0.3, 0.4) is 0 Å². The Bertz CT molecular complexity index is 259. The van der Waals surface area contributed by atoms with Crippen molar-refractivity contribution in [1.29, 1.82) is 0 Å². The van der Waals surface area contributed by atoms with Gasteiger partial charge in [-0.3, -0.25) is 9.59 Å². The Hall–Kier alpha value is -1.06. The van der Waals surface area contributed by atoms with E-state index in [1.54, 1.807) is 6.92 Å². The second-order valence-corrected chi connectivity index (χ2v) is 4.71. The van der Waals surface area contributed by atoms with E-state index in [9.17, 15) is 9.59 Å². The summed E-state index contributed by atoms with van der Waals surface area (Å²) in [7, 11) is 0. The summed E-state index contributed by atoms with van der Waals surface area (Å²) in [4.78, 5) is 22.7. The second kappa shape index (κ2) is 7.30. The maximum Gasteiger partial charge on any atom is 0.306 e. The Morgan fingerprint density at radius 3 is 2.53 bits per heavy atom. The third-order valence-electron chi connectivity index (χ3n) is 3.36. The number of hydrogen-bond acceptors (Lipinski definition) is 3. The van der Waals surface area contributed by atoms with Crippen molar-refractivity contribution in [3.63, 3.8) is 0 Å². The summed E-state index contributed by atoms with van der Waals surface area (Å²) in [6.07, 6.45) is 5.37. The molecule has 4 nitrogen and oxygen atoms in total. The van der Waals surface area contributed by atoms with Crippen molar-refractivity contribution in [2.24, 2.45) is 5.92 Å². The van der Waals surface area contributed by atoms with Gasteiger partial charge in [-0.2, -0.15) is 0 Å². The Labute approximate surface area is 103 Å². The van der Waals surface area contributed by atoms with E-state index in [1.165, 1.54) is 25.7 Å². The van der Waals surface area contributed by atoms with Crippen molar-refractivity contribution in [3.8, 4) is 0 Å². The summed E-state index contributed by atoms with van der Waals surface area (Å²) < 4.78 is 4.78. The molecule has 0 bridgehead atoms. The minimum atomic E-state index is -0.295. The van der Waals surface area contributed by atoms with Crippen LogP contribution in [0.5, 0.6) is 0 Å². The smallest absolute Gasteiger partial charge is 0.306 e. The highest BCUT2D eigenvalue weighted by molar-refractivity contribution is 5.81. The van der Waals surface area contributed by atoms with Crippen molar-refractivity contribution in [2.45, 2.75) is 58.4 Å². The molecule has 1 aliphatic carbocycles. The Balaban J connectivity index is 2.17. The van der Waals surface area contributed by atoms with Crippen LogP contribution in [-0.4, -0.2) is 24.5 Å². The van der Waals surface area contributed by atoms with Gasteiger partial charge in [0.1, 0.15) is 0 Å². The molecule has 17 heavy (non-hydrogen) atoms. The fourth-order valence-electron chi connectivity index (χ4n) is 2.35. The minimum absolute atomic E-state index is 0.0440. The first-order chi connectivity index (χ1) is 8.13. The third kappa shape index (κ3) is 5.20. The first-order valence-corrected chi connectivity index (χ1v) is 6.58. The number of carbonyl (C=O) groups excluding carboxylic acids is 2. The fraction of sp³-hybridized carbons (Fsp3) is 0.846. The zero-order valence-electron chi connectivity index (χ0n) is 10.8. The second-order valence-electron chi connectivity index (χ2n) is 4.71. The number of amides is 1. The molecule has 0 aromatic carbocycles. The molecule has 98 valence electrons. The molecule has 1 aliphatic rings. The topological polar surface area (TPSA) is 55.4 Å². The van der Waals surface area contributed by atoms with Gasteiger partial charge in [-0.15, -0.1) is 0 Å². The molecule has 0 aliphatic heterocycles. The molecular formula is C13H23NO3. The Morgan fingerprint density at radius 2 is 1.94 bits per heavy atom. The Kier molecular flexibility index (Phi) is 6.01. The van der Waals surface area contributed by atoms with E-state index in [-0.39, 0.29) is 30.8 Å². The minimum Gasteiger partial charge on any atom is -0.466 e.